The standard InChI is InChI=1S/C38H41N9O4/c1-42-32-20-26(6-8-29(32)47-30-4-2-3-28(39)34(30)36(50)41-38(42)47)45-17-15-43(16-18-45)21-23-11-13-44(14-12-23)25-5-7-27-24(19-25)22-46(37(27)51)31-9-10-33(48)40-35(31)49/h2-8,19-20,23,31H,9-18,21-22,39H2,1H3,(H,40,48,49). The fourth-order valence-electron chi connectivity index (χ4n) is 8.70. The molecule has 2 aromatic heterocycles. The van der Waals surface area contributed by atoms with E-state index in [9.17, 15) is 19.2 Å². The molecule has 1 unspecified atom stereocenters. The summed E-state index contributed by atoms with van der Waals surface area (Å²) < 4.78 is 4.02. The lowest BCUT2D eigenvalue weighted by atomic mass is 9.95. The molecule has 13 heteroatoms. The number of aryl methyl sites for hydroxylation is 1. The Bertz CT molecular complexity index is 2310. The van der Waals surface area contributed by atoms with Gasteiger partial charge in [0.05, 0.1) is 21.9 Å². The third kappa shape index (κ3) is 5.29. The van der Waals surface area contributed by atoms with E-state index in [1.807, 2.05) is 40.3 Å². The molecule has 0 bridgehead atoms. The molecule has 9 rings (SSSR count). The molecule has 5 aromatic rings. The highest BCUT2D eigenvalue weighted by atomic mass is 16.2. The minimum absolute atomic E-state index is 0.131. The van der Waals surface area contributed by atoms with Gasteiger partial charge in [-0.15, -0.1) is 0 Å². The third-order valence-electron chi connectivity index (χ3n) is 11.5. The molecule has 0 aliphatic carbocycles. The molecule has 6 heterocycles. The van der Waals surface area contributed by atoms with Crippen molar-refractivity contribution in [3.05, 3.63) is 76.1 Å². The maximum atomic E-state index is 13.1. The third-order valence-corrected chi connectivity index (χ3v) is 11.5. The molecule has 0 saturated carbocycles. The summed E-state index contributed by atoms with van der Waals surface area (Å²) >= 11 is 0. The maximum absolute atomic E-state index is 13.1. The zero-order valence-corrected chi connectivity index (χ0v) is 28.7. The van der Waals surface area contributed by atoms with E-state index in [1.54, 1.807) is 11.0 Å². The summed E-state index contributed by atoms with van der Waals surface area (Å²) in [6.07, 6.45) is 2.87. The second kappa shape index (κ2) is 12.1. The molecule has 0 spiro atoms. The van der Waals surface area contributed by atoms with Crippen molar-refractivity contribution in [2.24, 2.45) is 13.0 Å². The number of imidazole rings is 1. The Balaban J connectivity index is 0.813. The number of hydrogen-bond acceptors (Lipinski definition) is 9. The highest BCUT2D eigenvalue weighted by Crippen LogP contribution is 2.33. The van der Waals surface area contributed by atoms with Gasteiger partial charge < -0.3 is 25.0 Å². The van der Waals surface area contributed by atoms with Gasteiger partial charge in [0.25, 0.3) is 11.5 Å². The zero-order valence-electron chi connectivity index (χ0n) is 28.7. The SMILES string of the molecule is Cn1c2cc(N3CCN(CC4CCN(c5ccc6c(c5)CN(C5CCC(=O)NC5=O)C6=O)CC4)CC3)ccc2n2c3cccc(N)c3c(=O)nc12. The largest absolute Gasteiger partial charge is 0.398 e. The highest BCUT2D eigenvalue weighted by Gasteiger charge is 2.39. The van der Waals surface area contributed by atoms with Crippen LogP contribution in [-0.4, -0.2) is 93.3 Å². The molecule has 1 atom stereocenters. The monoisotopic (exact) mass is 687 g/mol. The van der Waals surface area contributed by atoms with Crippen LogP contribution >= 0.6 is 0 Å². The summed E-state index contributed by atoms with van der Waals surface area (Å²) in [5, 5.41) is 2.83. The maximum Gasteiger partial charge on any atom is 0.284 e. The van der Waals surface area contributed by atoms with Gasteiger partial charge in [-0.3, -0.25) is 33.8 Å². The number of nitrogens with two attached hydrogens (primary N) is 1. The molecular weight excluding hydrogens is 646 g/mol. The number of carbonyl (C=O) groups excluding carboxylic acids is 3. The molecule has 13 nitrogen and oxygen atoms in total. The lowest BCUT2D eigenvalue weighted by Crippen LogP contribution is -2.52. The second-order valence-electron chi connectivity index (χ2n) is 14.5. The molecular formula is C38H41N9O4. The predicted molar refractivity (Wildman–Crippen MR) is 196 cm³/mol. The number of anilines is 3. The van der Waals surface area contributed by atoms with Crippen molar-refractivity contribution in [2.75, 3.05) is 61.3 Å². The molecule has 3 saturated heterocycles. The topological polar surface area (TPSA) is 142 Å². The molecule has 3 fully saturated rings. The van der Waals surface area contributed by atoms with Crippen LogP contribution in [0, 0.1) is 5.92 Å². The van der Waals surface area contributed by atoms with Crippen molar-refractivity contribution in [2.45, 2.75) is 38.3 Å². The van der Waals surface area contributed by atoms with Crippen molar-refractivity contribution in [1.29, 1.82) is 0 Å². The average molecular weight is 688 g/mol. The van der Waals surface area contributed by atoms with Crippen LogP contribution in [0.5, 0.6) is 0 Å². The number of benzene rings is 3. The molecule has 3 aromatic carbocycles. The van der Waals surface area contributed by atoms with Crippen LogP contribution in [0.2, 0.25) is 0 Å². The number of nitrogen functional groups attached to an aromatic ring is 1. The van der Waals surface area contributed by atoms with E-state index in [0.717, 1.165) is 86.5 Å². The number of hydrogen-bond donors (Lipinski definition) is 2. The van der Waals surface area contributed by atoms with Crippen LogP contribution in [0.25, 0.3) is 27.7 Å². The zero-order chi connectivity index (χ0) is 35.0. The first-order valence-corrected chi connectivity index (χ1v) is 17.9. The van der Waals surface area contributed by atoms with Gasteiger partial charge in [0.1, 0.15) is 6.04 Å². The highest BCUT2D eigenvalue weighted by molar-refractivity contribution is 6.05. The average Bonchev–Trinajstić information content (AvgIpc) is 3.61. The smallest absolute Gasteiger partial charge is 0.284 e. The van der Waals surface area contributed by atoms with Gasteiger partial charge in [-0.25, -0.2) is 0 Å². The molecule has 4 aliphatic rings. The Hall–Kier alpha value is -5.43. The van der Waals surface area contributed by atoms with Crippen molar-refractivity contribution in [3.63, 3.8) is 0 Å². The van der Waals surface area contributed by atoms with Gasteiger partial charge >= 0.3 is 0 Å². The van der Waals surface area contributed by atoms with Gasteiger partial charge in [-0.05, 0) is 79.3 Å². The molecule has 0 radical (unpaired) electrons. The van der Waals surface area contributed by atoms with E-state index in [-0.39, 0.29) is 29.7 Å². The Labute approximate surface area is 294 Å². The summed E-state index contributed by atoms with van der Waals surface area (Å²) in [5.74, 6) is 0.455. The lowest BCUT2D eigenvalue weighted by molar-refractivity contribution is -0.136. The molecule has 262 valence electrons. The van der Waals surface area contributed by atoms with Crippen molar-refractivity contribution in [1.82, 2.24) is 29.1 Å². The molecule has 51 heavy (non-hydrogen) atoms. The molecule has 4 aliphatic heterocycles. The summed E-state index contributed by atoms with van der Waals surface area (Å²) in [6, 6.07) is 17.5. The van der Waals surface area contributed by atoms with Crippen LogP contribution in [0.1, 0.15) is 41.6 Å². The fraction of sp³-hybridized carbons (Fsp3) is 0.395. The van der Waals surface area contributed by atoms with Crippen LogP contribution in [0.4, 0.5) is 17.1 Å². The minimum Gasteiger partial charge on any atom is -0.398 e. The number of nitrogens with one attached hydrogen (secondary N) is 1. The molecule has 3 amide bonds. The predicted octanol–water partition coefficient (Wildman–Crippen LogP) is 2.72. The Kier molecular flexibility index (Phi) is 7.49. The van der Waals surface area contributed by atoms with E-state index < -0.39 is 6.04 Å². The minimum atomic E-state index is -0.593. The number of piperidine rings is 2. The van der Waals surface area contributed by atoms with Crippen LogP contribution in [0.15, 0.2) is 59.4 Å². The van der Waals surface area contributed by atoms with E-state index in [2.05, 4.69) is 49.3 Å². The van der Waals surface area contributed by atoms with E-state index in [1.165, 1.54) is 5.69 Å². The Morgan fingerprint density at radius 1 is 0.824 bits per heavy atom. The van der Waals surface area contributed by atoms with E-state index in [4.69, 9.17) is 5.73 Å². The van der Waals surface area contributed by atoms with Crippen molar-refractivity contribution >= 4 is 62.5 Å². The van der Waals surface area contributed by atoms with E-state index in [0.29, 0.717) is 41.3 Å². The van der Waals surface area contributed by atoms with Gasteiger partial charge in [0.2, 0.25) is 17.6 Å². The summed E-state index contributed by atoms with van der Waals surface area (Å²) in [7, 11) is 1.96. The second-order valence-corrected chi connectivity index (χ2v) is 14.5. The summed E-state index contributed by atoms with van der Waals surface area (Å²) in [5.41, 5.74) is 13.0. The lowest BCUT2D eigenvalue weighted by Gasteiger charge is -2.40. The van der Waals surface area contributed by atoms with Gasteiger partial charge in [0, 0.05) is 88.5 Å². The number of carbonyl (C=O) groups is 3. The van der Waals surface area contributed by atoms with Crippen LogP contribution in [0.3, 0.4) is 0 Å². The summed E-state index contributed by atoms with van der Waals surface area (Å²) in [4.78, 5) is 63.5. The molecule has 3 N–H and O–H groups in total. The van der Waals surface area contributed by atoms with Crippen molar-refractivity contribution < 1.29 is 14.4 Å². The quantitative estimate of drug-likeness (QED) is 0.211. The number of rotatable bonds is 5. The Morgan fingerprint density at radius 3 is 2.35 bits per heavy atom. The first-order valence-electron chi connectivity index (χ1n) is 17.9. The number of imide groups is 1. The fourth-order valence-corrected chi connectivity index (χ4v) is 8.70. The number of nitrogens with zero attached hydrogens (tertiary/aromatic N) is 7. The van der Waals surface area contributed by atoms with E-state index >= 15 is 0 Å². The van der Waals surface area contributed by atoms with Gasteiger partial charge in [0.15, 0.2) is 0 Å². The first kappa shape index (κ1) is 31.5. The normalized spacial score (nSPS) is 20.6. The van der Waals surface area contributed by atoms with Gasteiger partial charge in [-0.1, -0.05) is 6.07 Å². The van der Waals surface area contributed by atoms with Gasteiger partial charge in [-0.2, -0.15) is 4.98 Å². The number of aromatic nitrogens is 3. The van der Waals surface area contributed by atoms with Crippen LogP contribution in [-0.2, 0) is 23.2 Å². The van der Waals surface area contributed by atoms with Crippen LogP contribution < -0.4 is 26.4 Å². The Morgan fingerprint density at radius 2 is 1.57 bits per heavy atom. The summed E-state index contributed by atoms with van der Waals surface area (Å²) in [6.45, 7) is 7.37. The number of fused-ring (bicyclic) bond motifs is 6. The van der Waals surface area contributed by atoms with Crippen molar-refractivity contribution in [3.8, 4) is 0 Å². The number of amides is 3. The first-order chi connectivity index (χ1) is 24.7. The number of piperazine rings is 1.